The van der Waals surface area contributed by atoms with Crippen molar-refractivity contribution >= 4 is 65.2 Å². The summed E-state index contributed by atoms with van der Waals surface area (Å²) in [6.45, 7) is 1.06. The summed E-state index contributed by atoms with van der Waals surface area (Å²) in [5.41, 5.74) is 1.58. The molecule has 4 rings (SSSR count). The molecule has 172 valence electrons. The second-order valence-electron chi connectivity index (χ2n) is 7.31. The molecule has 2 aromatic rings. The summed E-state index contributed by atoms with van der Waals surface area (Å²) in [6, 6.07) is 14.7. The van der Waals surface area contributed by atoms with Crippen LogP contribution >= 0.6 is 31.9 Å². The number of rotatable bonds is 4. The maximum absolute atomic E-state index is 12.0. The SMILES string of the molecule is CS(=O)(=O)OC1CCN(c2ccc(Br)cc2)C1=O.O=C1C(O)CCN1c1ccc(Br)cc1. The zero-order valence-corrected chi connectivity index (χ0v) is 21.1. The molecule has 0 bridgehead atoms. The van der Waals surface area contributed by atoms with E-state index in [4.69, 9.17) is 4.18 Å². The van der Waals surface area contributed by atoms with E-state index in [2.05, 4.69) is 31.9 Å². The second kappa shape index (κ2) is 10.4. The van der Waals surface area contributed by atoms with Gasteiger partial charge in [-0.05, 0) is 48.5 Å². The number of anilines is 2. The van der Waals surface area contributed by atoms with Crippen molar-refractivity contribution in [2.45, 2.75) is 25.0 Å². The number of aliphatic hydroxyl groups excluding tert-OH is 1. The summed E-state index contributed by atoms with van der Waals surface area (Å²) in [6.07, 6.45) is 0.127. The molecule has 0 radical (unpaired) electrons. The average Bonchev–Trinajstić information content (AvgIpc) is 3.25. The van der Waals surface area contributed by atoms with Gasteiger partial charge in [-0.3, -0.25) is 13.8 Å². The van der Waals surface area contributed by atoms with Gasteiger partial charge in [0.05, 0.1) is 6.26 Å². The van der Waals surface area contributed by atoms with Crippen molar-refractivity contribution in [1.82, 2.24) is 0 Å². The first-order chi connectivity index (χ1) is 15.0. The van der Waals surface area contributed by atoms with Crippen molar-refractivity contribution in [2.24, 2.45) is 0 Å². The second-order valence-corrected chi connectivity index (χ2v) is 10.7. The average molecular weight is 590 g/mol. The molecule has 8 nitrogen and oxygen atoms in total. The maximum Gasteiger partial charge on any atom is 0.265 e. The third-order valence-electron chi connectivity index (χ3n) is 4.90. The Kier molecular flexibility index (Phi) is 8.10. The maximum atomic E-state index is 12.0. The minimum atomic E-state index is -3.61. The monoisotopic (exact) mass is 588 g/mol. The zero-order chi connectivity index (χ0) is 23.5. The number of amides is 2. The van der Waals surface area contributed by atoms with Gasteiger partial charge in [-0.25, -0.2) is 0 Å². The Balaban J connectivity index is 0.000000186. The quantitative estimate of drug-likeness (QED) is 0.550. The van der Waals surface area contributed by atoms with E-state index in [0.717, 1.165) is 26.6 Å². The predicted molar refractivity (Wildman–Crippen MR) is 128 cm³/mol. The first kappa shape index (κ1) is 24.8. The van der Waals surface area contributed by atoms with Crippen LogP contribution in [0.2, 0.25) is 0 Å². The van der Waals surface area contributed by atoms with Gasteiger partial charge in [-0.2, -0.15) is 8.42 Å². The summed E-state index contributed by atoms with van der Waals surface area (Å²) >= 11 is 6.64. The lowest BCUT2D eigenvalue weighted by Gasteiger charge is -2.16. The highest BCUT2D eigenvalue weighted by Gasteiger charge is 2.35. The van der Waals surface area contributed by atoms with Gasteiger partial charge in [0.1, 0.15) is 6.10 Å². The fourth-order valence-electron chi connectivity index (χ4n) is 3.37. The number of carbonyl (C=O) groups is 2. The summed E-state index contributed by atoms with van der Waals surface area (Å²) in [5.74, 6) is -0.518. The molecule has 2 atom stereocenters. The van der Waals surface area contributed by atoms with Crippen LogP contribution < -0.4 is 9.80 Å². The minimum absolute atomic E-state index is 0.202. The first-order valence-electron chi connectivity index (χ1n) is 9.75. The molecule has 2 heterocycles. The number of halogens is 2. The number of carbonyl (C=O) groups excluding carboxylic acids is 2. The van der Waals surface area contributed by atoms with Crippen molar-refractivity contribution in [3.05, 3.63) is 57.5 Å². The smallest absolute Gasteiger partial charge is 0.265 e. The van der Waals surface area contributed by atoms with Crippen LogP contribution in [0.15, 0.2) is 57.5 Å². The van der Waals surface area contributed by atoms with Gasteiger partial charge in [0.2, 0.25) is 0 Å². The van der Waals surface area contributed by atoms with Gasteiger partial charge in [0.25, 0.3) is 21.9 Å². The van der Waals surface area contributed by atoms with Crippen LogP contribution in [-0.2, 0) is 23.9 Å². The molecule has 2 saturated heterocycles. The number of aliphatic hydroxyl groups is 1. The molecule has 0 spiro atoms. The fraction of sp³-hybridized carbons (Fsp3) is 0.333. The van der Waals surface area contributed by atoms with Crippen LogP contribution in [0.4, 0.5) is 11.4 Å². The topological polar surface area (TPSA) is 104 Å². The standard InChI is InChI=1S/C11H12BrNO4S.C10H10BrNO2/c1-18(15,16)17-10-6-7-13(11(10)14)9-4-2-8(12)3-5-9;11-7-1-3-8(4-2-7)12-6-5-9(13)10(12)14/h2-5,10H,6-7H2,1H3;1-4,9,13H,5-6H2. The highest BCUT2D eigenvalue weighted by atomic mass is 79.9. The lowest BCUT2D eigenvalue weighted by atomic mass is 10.3. The van der Waals surface area contributed by atoms with Gasteiger partial charge in [0.15, 0.2) is 6.10 Å². The number of benzene rings is 2. The summed E-state index contributed by atoms with van der Waals surface area (Å²) in [5, 5.41) is 9.28. The molecule has 2 aromatic carbocycles. The predicted octanol–water partition coefficient (Wildman–Crippen LogP) is 3.08. The molecule has 1 N–H and O–H groups in total. The fourth-order valence-corrected chi connectivity index (χ4v) is 4.50. The molecule has 2 aliphatic heterocycles. The van der Waals surface area contributed by atoms with Crippen molar-refractivity contribution < 1.29 is 27.3 Å². The molecule has 0 aliphatic carbocycles. The Morgan fingerprint density at radius 3 is 1.69 bits per heavy atom. The zero-order valence-electron chi connectivity index (χ0n) is 17.1. The van der Waals surface area contributed by atoms with Crippen LogP contribution in [-0.4, -0.2) is 56.9 Å². The van der Waals surface area contributed by atoms with Crippen molar-refractivity contribution in [1.29, 1.82) is 0 Å². The van der Waals surface area contributed by atoms with E-state index in [1.165, 1.54) is 4.90 Å². The molecule has 32 heavy (non-hydrogen) atoms. The van der Waals surface area contributed by atoms with Gasteiger partial charge < -0.3 is 14.9 Å². The Hall–Kier alpha value is -1.79. The van der Waals surface area contributed by atoms with E-state index < -0.39 is 22.3 Å². The van der Waals surface area contributed by atoms with E-state index in [-0.39, 0.29) is 11.8 Å². The number of hydrogen-bond donors (Lipinski definition) is 1. The molecule has 11 heteroatoms. The van der Waals surface area contributed by atoms with Crippen LogP contribution in [0, 0.1) is 0 Å². The van der Waals surface area contributed by atoms with E-state index in [1.807, 2.05) is 36.4 Å². The highest BCUT2D eigenvalue weighted by molar-refractivity contribution is 9.10. The third kappa shape index (κ3) is 6.38. The Morgan fingerprint density at radius 2 is 1.28 bits per heavy atom. The van der Waals surface area contributed by atoms with E-state index in [0.29, 0.717) is 25.9 Å². The molecule has 2 aliphatic rings. The number of hydrogen-bond acceptors (Lipinski definition) is 6. The van der Waals surface area contributed by atoms with Crippen LogP contribution in [0.5, 0.6) is 0 Å². The van der Waals surface area contributed by atoms with Crippen molar-refractivity contribution in [3.63, 3.8) is 0 Å². The molecule has 2 amide bonds. The Morgan fingerprint density at radius 1 is 0.844 bits per heavy atom. The molecule has 2 unspecified atom stereocenters. The minimum Gasteiger partial charge on any atom is -0.383 e. The van der Waals surface area contributed by atoms with Crippen LogP contribution in [0.1, 0.15) is 12.8 Å². The first-order valence-corrected chi connectivity index (χ1v) is 13.2. The summed E-state index contributed by atoms with van der Waals surface area (Å²) in [7, 11) is -3.61. The Bertz CT molecular complexity index is 1080. The highest BCUT2D eigenvalue weighted by Crippen LogP contribution is 2.25. The molecular formula is C21H22Br2N2O6S. The molecular weight excluding hydrogens is 568 g/mol. The molecule has 0 saturated carbocycles. The molecule has 2 fully saturated rings. The van der Waals surface area contributed by atoms with Gasteiger partial charge in [0, 0.05) is 46.3 Å². The summed E-state index contributed by atoms with van der Waals surface area (Å²) in [4.78, 5) is 26.6. The van der Waals surface area contributed by atoms with Gasteiger partial charge in [-0.1, -0.05) is 31.9 Å². The van der Waals surface area contributed by atoms with E-state index in [9.17, 15) is 23.1 Å². The van der Waals surface area contributed by atoms with E-state index in [1.54, 1.807) is 17.0 Å². The van der Waals surface area contributed by atoms with Crippen LogP contribution in [0.25, 0.3) is 0 Å². The van der Waals surface area contributed by atoms with Gasteiger partial charge in [-0.15, -0.1) is 0 Å². The number of nitrogens with zero attached hydrogens (tertiary/aromatic N) is 2. The van der Waals surface area contributed by atoms with E-state index >= 15 is 0 Å². The van der Waals surface area contributed by atoms with Crippen molar-refractivity contribution in [3.8, 4) is 0 Å². The van der Waals surface area contributed by atoms with Crippen LogP contribution in [0.3, 0.4) is 0 Å². The largest absolute Gasteiger partial charge is 0.383 e. The lowest BCUT2D eigenvalue weighted by molar-refractivity contribution is -0.124. The third-order valence-corrected chi connectivity index (χ3v) is 6.54. The lowest BCUT2D eigenvalue weighted by Crippen LogP contribution is -2.31. The molecule has 0 aromatic heterocycles. The normalized spacial score (nSPS) is 21.0. The van der Waals surface area contributed by atoms with Gasteiger partial charge >= 0.3 is 0 Å². The summed E-state index contributed by atoms with van der Waals surface area (Å²) < 4.78 is 28.7. The Labute approximate surface area is 203 Å². The van der Waals surface area contributed by atoms with Crippen molar-refractivity contribution in [2.75, 3.05) is 29.1 Å².